The van der Waals surface area contributed by atoms with Crippen LogP contribution in [-0.2, 0) is 19.1 Å². The summed E-state index contributed by atoms with van der Waals surface area (Å²) in [5.74, 6) is -0.607. The van der Waals surface area contributed by atoms with Gasteiger partial charge in [0.05, 0.1) is 21.6 Å². The number of carbonyl (C=O) groups excluding carboxylic acids is 2. The topological polar surface area (TPSA) is 52.6 Å². The molecule has 106 valence electrons. The van der Waals surface area contributed by atoms with Crippen molar-refractivity contribution in [2.24, 2.45) is 5.41 Å². The van der Waals surface area contributed by atoms with E-state index in [1.807, 2.05) is 29.5 Å². The molecule has 0 rings (SSSR count). The van der Waals surface area contributed by atoms with Gasteiger partial charge in [-0.05, 0) is 26.7 Å². The van der Waals surface area contributed by atoms with E-state index in [9.17, 15) is 9.59 Å². The standard InChI is InChI=1S/C11H17I3O4/c1-10(5-7(12)13,8(15)17-3)6-11(2,14)9(16)18-4/h7H,5-6H2,1-4H3. The predicted molar refractivity (Wildman–Crippen MR) is 95.6 cm³/mol. The summed E-state index contributed by atoms with van der Waals surface area (Å²) in [6.45, 7) is 3.61. The Bertz CT molecular complexity index is 317. The quantitative estimate of drug-likeness (QED) is 0.269. The summed E-state index contributed by atoms with van der Waals surface area (Å²) >= 11 is 6.55. The molecule has 18 heavy (non-hydrogen) atoms. The number of hydrogen-bond acceptors (Lipinski definition) is 4. The van der Waals surface area contributed by atoms with Gasteiger partial charge in [-0.2, -0.15) is 0 Å². The van der Waals surface area contributed by atoms with Gasteiger partial charge in [0.2, 0.25) is 0 Å². The molecule has 2 unspecified atom stereocenters. The van der Waals surface area contributed by atoms with Gasteiger partial charge >= 0.3 is 11.9 Å². The van der Waals surface area contributed by atoms with E-state index in [2.05, 4.69) is 45.2 Å². The highest BCUT2D eigenvalue weighted by molar-refractivity contribution is 14.2. The van der Waals surface area contributed by atoms with E-state index in [1.54, 1.807) is 6.92 Å². The highest BCUT2D eigenvalue weighted by atomic mass is 127. The number of alkyl halides is 3. The molecular formula is C11H17I3O4. The normalized spacial score (nSPS) is 17.8. The zero-order chi connectivity index (χ0) is 14.6. The monoisotopic (exact) mass is 594 g/mol. The molecule has 0 aromatic heterocycles. The molecule has 0 saturated carbocycles. The second-order valence-corrected chi connectivity index (χ2v) is 12.3. The lowest BCUT2D eigenvalue weighted by molar-refractivity contribution is -0.154. The smallest absolute Gasteiger partial charge is 0.321 e. The Labute approximate surface area is 149 Å². The highest BCUT2D eigenvalue weighted by Crippen LogP contribution is 2.41. The molecule has 0 amide bonds. The fourth-order valence-electron chi connectivity index (χ4n) is 1.83. The van der Waals surface area contributed by atoms with Crippen LogP contribution in [-0.4, -0.2) is 31.5 Å². The maximum absolute atomic E-state index is 12.0. The minimum Gasteiger partial charge on any atom is -0.469 e. The Balaban J connectivity index is 5.12. The van der Waals surface area contributed by atoms with Crippen LogP contribution in [0.2, 0.25) is 0 Å². The van der Waals surface area contributed by atoms with Crippen LogP contribution in [0.4, 0.5) is 0 Å². The Morgan fingerprint density at radius 3 is 1.89 bits per heavy atom. The van der Waals surface area contributed by atoms with Gasteiger partial charge in [0.25, 0.3) is 0 Å². The second-order valence-electron chi connectivity index (χ2n) is 4.51. The molecule has 0 radical (unpaired) electrons. The zero-order valence-electron chi connectivity index (χ0n) is 10.8. The Morgan fingerprint density at radius 2 is 1.56 bits per heavy atom. The molecule has 0 N–H and O–H groups in total. The van der Waals surface area contributed by atoms with Gasteiger partial charge in [0.15, 0.2) is 0 Å². The average molecular weight is 594 g/mol. The molecule has 0 aromatic rings. The lowest BCUT2D eigenvalue weighted by atomic mass is 9.79. The lowest BCUT2D eigenvalue weighted by Crippen LogP contribution is -2.41. The van der Waals surface area contributed by atoms with Crippen molar-refractivity contribution in [2.45, 2.75) is 32.0 Å². The molecule has 0 saturated heterocycles. The van der Waals surface area contributed by atoms with E-state index < -0.39 is 8.84 Å². The lowest BCUT2D eigenvalue weighted by Gasteiger charge is -2.33. The molecule has 0 heterocycles. The van der Waals surface area contributed by atoms with Gasteiger partial charge in [-0.1, -0.05) is 67.8 Å². The van der Waals surface area contributed by atoms with E-state index >= 15 is 0 Å². The van der Waals surface area contributed by atoms with Crippen LogP contribution in [0.25, 0.3) is 0 Å². The summed E-state index contributed by atoms with van der Waals surface area (Å²) in [7, 11) is 2.73. The zero-order valence-corrected chi connectivity index (χ0v) is 17.2. The third kappa shape index (κ3) is 5.63. The van der Waals surface area contributed by atoms with Gasteiger partial charge in [-0.3, -0.25) is 9.59 Å². The maximum Gasteiger partial charge on any atom is 0.321 e. The summed E-state index contributed by atoms with van der Waals surface area (Å²) in [5.41, 5.74) is -0.689. The van der Waals surface area contributed by atoms with Gasteiger partial charge in [0.1, 0.15) is 3.42 Å². The minimum atomic E-state index is -0.738. The first-order valence-corrected chi connectivity index (χ1v) is 8.80. The van der Waals surface area contributed by atoms with E-state index in [0.717, 1.165) is 0 Å². The Hall–Kier alpha value is 1.13. The number of esters is 2. The fourth-order valence-corrected chi connectivity index (χ4v) is 4.84. The van der Waals surface area contributed by atoms with Crippen molar-refractivity contribution >= 4 is 79.7 Å². The molecule has 0 bridgehead atoms. The number of hydrogen-bond donors (Lipinski definition) is 0. The number of ether oxygens (including phenoxy) is 2. The molecule has 0 aliphatic rings. The third-order valence-electron chi connectivity index (χ3n) is 2.62. The fraction of sp³-hybridized carbons (Fsp3) is 0.818. The van der Waals surface area contributed by atoms with Crippen LogP contribution in [0.3, 0.4) is 0 Å². The molecule has 0 aliphatic heterocycles. The Kier molecular flexibility index (Phi) is 8.28. The summed E-state index contributed by atoms with van der Waals surface area (Å²) in [6, 6.07) is 0. The summed E-state index contributed by atoms with van der Waals surface area (Å²) in [5, 5.41) is 0. The first-order valence-electron chi connectivity index (χ1n) is 5.23. The number of carbonyl (C=O) groups is 2. The van der Waals surface area contributed by atoms with Crippen molar-refractivity contribution in [1.29, 1.82) is 0 Å². The van der Waals surface area contributed by atoms with Crippen LogP contribution in [0.15, 0.2) is 0 Å². The third-order valence-corrected chi connectivity index (χ3v) is 4.32. The first kappa shape index (κ1) is 19.1. The molecule has 7 heteroatoms. The van der Waals surface area contributed by atoms with Crippen molar-refractivity contribution in [1.82, 2.24) is 0 Å². The maximum atomic E-state index is 12.0. The molecule has 0 aromatic carbocycles. The van der Waals surface area contributed by atoms with Crippen molar-refractivity contribution in [3.05, 3.63) is 0 Å². The van der Waals surface area contributed by atoms with Crippen LogP contribution >= 0.6 is 67.8 Å². The first-order chi connectivity index (χ1) is 8.09. The van der Waals surface area contributed by atoms with Crippen LogP contribution in [0.5, 0.6) is 0 Å². The van der Waals surface area contributed by atoms with E-state index in [-0.39, 0.29) is 13.9 Å². The van der Waals surface area contributed by atoms with Gasteiger partial charge in [0, 0.05) is 0 Å². The van der Waals surface area contributed by atoms with Crippen LogP contribution in [0, 0.1) is 5.41 Å². The minimum absolute atomic E-state index is 0.285. The van der Waals surface area contributed by atoms with Crippen molar-refractivity contribution in [2.75, 3.05) is 14.2 Å². The van der Waals surface area contributed by atoms with Gasteiger partial charge < -0.3 is 9.47 Å². The van der Waals surface area contributed by atoms with Crippen molar-refractivity contribution in [3.8, 4) is 0 Å². The molecule has 0 spiro atoms. The number of rotatable bonds is 6. The van der Waals surface area contributed by atoms with E-state index in [0.29, 0.717) is 12.8 Å². The van der Waals surface area contributed by atoms with Crippen LogP contribution in [0.1, 0.15) is 26.7 Å². The SMILES string of the molecule is COC(=O)C(C)(I)CC(C)(CC(I)I)C(=O)OC. The van der Waals surface area contributed by atoms with Crippen molar-refractivity contribution in [3.63, 3.8) is 0 Å². The molecule has 0 fully saturated rings. The van der Waals surface area contributed by atoms with E-state index in [4.69, 9.17) is 9.47 Å². The molecule has 2 atom stereocenters. The van der Waals surface area contributed by atoms with Gasteiger partial charge in [-0.15, -0.1) is 0 Å². The largest absolute Gasteiger partial charge is 0.469 e. The second kappa shape index (κ2) is 7.79. The highest BCUT2D eigenvalue weighted by Gasteiger charge is 2.45. The van der Waals surface area contributed by atoms with Crippen molar-refractivity contribution < 1.29 is 19.1 Å². The number of halogens is 3. The molecule has 4 nitrogen and oxygen atoms in total. The summed E-state index contributed by atoms with van der Waals surface area (Å²) < 4.78 is 9.20. The molecular weight excluding hydrogens is 577 g/mol. The Morgan fingerprint density at radius 1 is 1.11 bits per heavy atom. The summed E-state index contributed by atoms with van der Waals surface area (Å²) in [4.78, 5) is 23.7. The molecule has 0 aliphatic carbocycles. The average Bonchev–Trinajstić information content (AvgIpc) is 2.24. The summed E-state index contributed by atoms with van der Waals surface area (Å²) in [6.07, 6.45) is 1.04. The van der Waals surface area contributed by atoms with Crippen LogP contribution < -0.4 is 0 Å². The van der Waals surface area contributed by atoms with E-state index in [1.165, 1.54) is 14.2 Å². The van der Waals surface area contributed by atoms with Gasteiger partial charge in [-0.25, -0.2) is 0 Å². The number of methoxy groups -OCH3 is 2. The predicted octanol–water partition coefficient (Wildman–Crippen LogP) is 3.51.